The van der Waals surface area contributed by atoms with Gasteiger partial charge in [-0.05, 0) is 27.2 Å². The van der Waals surface area contributed by atoms with E-state index in [1.807, 2.05) is 17.8 Å². The smallest absolute Gasteiger partial charge is 0.148 e. The van der Waals surface area contributed by atoms with Crippen LogP contribution in [-0.2, 0) is 11.3 Å². The predicted octanol–water partition coefficient (Wildman–Crippen LogP) is 1.59. The van der Waals surface area contributed by atoms with E-state index in [1.165, 1.54) is 0 Å². The highest BCUT2D eigenvalue weighted by atomic mass is 16.5. The fourth-order valence-corrected chi connectivity index (χ4v) is 1.14. The molecule has 1 rings (SSSR count). The third-order valence-electron chi connectivity index (χ3n) is 2.48. The Morgan fingerprint density at radius 1 is 1.57 bits per heavy atom. The van der Waals surface area contributed by atoms with Crippen molar-refractivity contribution in [3.8, 4) is 0 Å². The minimum atomic E-state index is -0.103. The van der Waals surface area contributed by atoms with E-state index in [0.717, 1.165) is 18.5 Å². The molecule has 0 saturated heterocycles. The van der Waals surface area contributed by atoms with Crippen molar-refractivity contribution in [2.24, 2.45) is 0 Å². The van der Waals surface area contributed by atoms with Crippen molar-refractivity contribution in [1.82, 2.24) is 9.78 Å². The maximum Gasteiger partial charge on any atom is 0.148 e. The molecule has 0 aromatic carbocycles. The number of aromatic nitrogens is 2. The van der Waals surface area contributed by atoms with E-state index in [4.69, 9.17) is 10.5 Å². The number of hydrogen-bond acceptors (Lipinski definition) is 3. The van der Waals surface area contributed by atoms with Crippen LogP contribution in [0.5, 0.6) is 0 Å². The van der Waals surface area contributed by atoms with Crippen molar-refractivity contribution < 1.29 is 4.74 Å². The molecule has 80 valence electrons. The second-order valence-electron chi connectivity index (χ2n) is 4.17. The summed E-state index contributed by atoms with van der Waals surface area (Å²) in [6.45, 7) is 6.92. The lowest BCUT2D eigenvalue weighted by Crippen LogP contribution is -2.24. The van der Waals surface area contributed by atoms with Crippen LogP contribution in [0.15, 0.2) is 6.20 Å². The van der Waals surface area contributed by atoms with Gasteiger partial charge in [-0.3, -0.25) is 4.68 Å². The van der Waals surface area contributed by atoms with E-state index >= 15 is 0 Å². The Morgan fingerprint density at radius 3 is 2.64 bits per heavy atom. The van der Waals surface area contributed by atoms with E-state index in [-0.39, 0.29) is 5.60 Å². The zero-order valence-corrected chi connectivity index (χ0v) is 9.37. The number of anilines is 1. The van der Waals surface area contributed by atoms with E-state index in [9.17, 15) is 0 Å². The lowest BCUT2D eigenvalue weighted by atomic mass is 10.1. The summed E-state index contributed by atoms with van der Waals surface area (Å²) in [6.07, 6.45) is 2.88. The summed E-state index contributed by atoms with van der Waals surface area (Å²) in [5.74, 6) is 0.611. The second-order valence-corrected chi connectivity index (χ2v) is 4.17. The van der Waals surface area contributed by atoms with Crippen LogP contribution in [0.25, 0.3) is 0 Å². The molecule has 1 aromatic heterocycles. The van der Waals surface area contributed by atoms with Crippen molar-refractivity contribution in [1.29, 1.82) is 0 Å². The van der Waals surface area contributed by atoms with Crippen LogP contribution < -0.4 is 5.73 Å². The molecule has 2 N–H and O–H groups in total. The van der Waals surface area contributed by atoms with Crippen LogP contribution in [0.1, 0.15) is 25.8 Å². The first-order chi connectivity index (χ1) is 6.44. The van der Waals surface area contributed by atoms with Gasteiger partial charge in [-0.2, -0.15) is 5.10 Å². The van der Waals surface area contributed by atoms with E-state index < -0.39 is 0 Å². The molecule has 1 aromatic rings. The number of hydrogen-bond donors (Lipinski definition) is 1. The zero-order valence-electron chi connectivity index (χ0n) is 9.37. The average Bonchev–Trinajstić information content (AvgIpc) is 2.44. The van der Waals surface area contributed by atoms with Crippen molar-refractivity contribution in [3.63, 3.8) is 0 Å². The molecule has 0 aliphatic rings. The predicted molar refractivity (Wildman–Crippen MR) is 57.1 cm³/mol. The van der Waals surface area contributed by atoms with Gasteiger partial charge < -0.3 is 10.5 Å². The molecule has 1 heterocycles. The highest BCUT2D eigenvalue weighted by molar-refractivity contribution is 5.35. The Hall–Kier alpha value is -1.03. The molecule has 0 atom stereocenters. The van der Waals surface area contributed by atoms with Crippen molar-refractivity contribution in [3.05, 3.63) is 11.8 Å². The lowest BCUT2D eigenvalue weighted by molar-refractivity contribution is 0.0113. The summed E-state index contributed by atoms with van der Waals surface area (Å²) in [5.41, 5.74) is 6.57. The first-order valence-corrected chi connectivity index (χ1v) is 4.79. The second kappa shape index (κ2) is 4.00. The summed E-state index contributed by atoms with van der Waals surface area (Å²) < 4.78 is 7.19. The van der Waals surface area contributed by atoms with Gasteiger partial charge >= 0.3 is 0 Å². The Bertz CT molecular complexity index is 285. The van der Waals surface area contributed by atoms with E-state index in [2.05, 4.69) is 18.9 Å². The number of ether oxygens (including phenoxy) is 1. The van der Waals surface area contributed by atoms with Crippen molar-refractivity contribution in [2.75, 3.05) is 12.8 Å². The zero-order chi connectivity index (χ0) is 10.8. The van der Waals surface area contributed by atoms with Crippen molar-refractivity contribution >= 4 is 5.82 Å². The molecule has 4 nitrogen and oxygen atoms in total. The van der Waals surface area contributed by atoms with Gasteiger partial charge in [-0.25, -0.2) is 0 Å². The normalized spacial score (nSPS) is 12.0. The largest absolute Gasteiger partial charge is 0.382 e. The summed E-state index contributed by atoms with van der Waals surface area (Å²) in [7, 11) is 1.72. The van der Waals surface area contributed by atoms with Crippen LogP contribution in [0.4, 0.5) is 5.82 Å². The lowest BCUT2D eigenvalue weighted by Gasteiger charge is -2.22. The molecule has 0 bridgehead atoms. The van der Waals surface area contributed by atoms with Crippen LogP contribution in [0, 0.1) is 6.92 Å². The molecule has 14 heavy (non-hydrogen) atoms. The Balaban J connectivity index is 2.54. The van der Waals surface area contributed by atoms with Crippen LogP contribution in [-0.4, -0.2) is 22.5 Å². The minimum Gasteiger partial charge on any atom is -0.382 e. The molecule has 0 fully saturated rings. The number of rotatable bonds is 4. The van der Waals surface area contributed by atoms with Gasteiger partial charge in [0.25, 0.3) is 0 Å². The third-order valence-corrected chi connectivity index (χ3v) is 2.48. The molecule has 0 unspecified atom stereocenters. The Kier molecular flexibility index (Phi) is 3.16. The molecular weight excluding hydrogens is 178 g/mol. The highest BCUT2D eigenvalue weighted by Gasteiger charge is 2.16. The molecule has 0 radical (unpaired) electrons. The van der Waals surface area contributed by atoms with Gasteiger partial charge in [-0.1, -0.05) is 0 Å². The van der Waals surface area contributed by atoms with Gasteiger partial charge in [0.15, 0.2) is 0 Å². The van der Waals surface area contributed by atoms with Gasteiger partial charge in [0.05, 0.1) is 5.60 Å². The molecule has 0 amide bonds. The third kappa shape index (κ3) is 2.73. The molecule has 0 spiro atoms. The minimum absolute atomic E-state index is 0.103. The number of nitrogen functional groups attached to an aromatic ring is 1. The fraction of sp³-hybridized carbons (Fsp3) is 0.700. The Labute approximate surface area is 85.0 Å². The molecule has 0 aliphatic carbocycles. The van der Waals surface area contributed by atoms with Gasteiger partial charge in [0, 0.05) is 25.4 Å². The maximum absolute atomic E-state index is 5.65. The van der Waals surface area contributed by atoms with Gasteiger partial charge in [0.2, 0.25) is 0 Å². The fourth-order valence-electron chi connectivity index (χ4n) is 1.14. The first-order valence-electron chi connectivity index (χ1n) is 4.79. The quantitative estimate of drug-likeness (QED) is 0.797. The van der Waals surface area contributed by atoms with Crippen molar-refractivity contribution in [2.45, 2.75) is 39.3 Å². The highest BCUT2D eigenvalue weighted by Crippen LogP contribution is 2.15. The van der Waals surface area contributed by atoms with E-state index in [0.29, 0.717) is 5.82 Å². The van der Waals surface area contributed by atoms with Crippen LogP contribution in [0.2, 0.25) is 0 Å². The number of nitrogens with zero attached hydrogens (tertiary/aromatic N) is 2. The summed E-state index contributed by atoms with van der Waals surface area (Å²) in [4.78, 5) is 0. The molecular formula is C10H19N3O. The maximum atomic E-state index is 5.65. The number of methoxy groups -OCH3 is 1. The van der Waals surface area contributed by atoms with Crippen LogP contribution >= 0.6 is 0 Å². The summed E-state index contributed by atoms with van der Waals surface area (Å²) >= 11 is 0. The SMILES string of the molecule is COC(C)(C)CCn1cc(C)c(N)n1. The first kappa shape index (κ1) is 11.0. The average molecular weight is 197 g/mol. The summed E-state index contributed by atoms with van der Waals surface area (Å²) in [6, 6.07) is 0. The number of nitrogens with two attached hydrogens (primary N) is 1. The monoisotopic (exact) mass is 197 g/mol. The van der Waals surface area contributed by atoms with Gasteiger partial charge in [0.1, 0.15) is 5.82 Å². The van der Waals surface area contributed by atoms with E-state index in [1.54, 1.807) is 7.11 Å². The standard InChI is InChI=1S/C10H19N3O/c1-8-7-13(12-9(8)11)6-5-10(2,3)14-4/h7H,5-6H2,1-4H3,(H2,11,12). The molecule has 0 aliphatic heterocycles. The Morgan fingerprint density at radius 2 is 2.21 bits per heavy atom. The summed E-state index contributed by atoms with van der Waals surface area (Å²) in [5, 5.41) is 4.19. The van der Waals surface area contributed by atoms with Gasteiger partial charge in [-0.15, -0.1) is 0 Å². The molecule has 0 saturated carbocycles. The topological polar surface area (TPSA) is 53.1 Å². The van der Waals surface area contributed by atoms with Crippen LogP contribution in [0.3, 0.4) is 0 Å². The molecule has 4 heteroatoms. The number of aryl methyl sites for hydroxylation is 2.